The van der Waals surface area contributed by atoms with Gasteiger partial charge in [-0.05, 0) is 6.08 Å². The van der Waals surface area contributed by atoms with Crippen molar-refractivity contribution in [3.63, 3.8) is 0 Å². The van der Waals surface area contributed by atoms with E-state index in [-0.39, 0.29) is 5.78 Å². The molecular formula is C10H7NO. The Hall–Kier alpha value is -1.88. The summed E-state index contributed by atoms with van der Waals surface area (Å²) in [5.41, 5.74) is 0.601. The lowest BCUT2D eigenvalue weighted by atomic mass is 10.1. The molecule has 2 heteroatoms. The molecule has 0 aliphatic carbocycles. The maximum Gasteiger partial charge on any atom is 0.186 e. The fourth-order valence-electron chi connectivity index (χ4n) is 0.812. The van der Waals surface area contributed by atoms with Crippen molar-refractivity contribution >= 4 is 5.78 Å². The predicted octanol–water partition coefficient (Wildman–Crippen LogP) is 1.95. The zero-order chi connectivity index (χ0) is 8.81. The van der Waals surface area contributed by atoms with E-state index < -0.39 is 0 Å². The first kappa shape index (κ1) is 8.22. The summed E-state index contributed by atoms with van der Waals surface area (Å²) in [6, 6.07) is 10.6. The molecule has 0 N–H and O–H groups in total. The van der Waals surface area contributed by atoms with Crippen molar-refractivity contribution in [2.75, 3.05) is 0 Å². The lowest BCUT2D eigenvalue weighted by Crippen LogP contribution is -1.92. The van der Waals surface area contributed by atoms with Crippen LogP contribution in [0.2, 0.25) is 0 Å². The van der Waals surface area contributed by atoms with Gasteiger partial charge in [0.1, 0.15) is 0 Å². The quantitative estimate of drug-likeness (QED) is 0.374. The number of rotatable bonds is 2. The van der Waals surface area contributed by atoms with Gasteiger partial charge >= 0.3 is 0 Å². The van der Waals surface area contributed by atoms with Crippen LogP contribution in [-0.4, -0.2) is 5.78 Å². The van der Waals surface area contributed by atoms with E-state index in [1.807, 2.05) is 6.07 Å². The average molecular weight is 157 g/mol. The van der Waals surface area contributed by atoms with Crippen LogP contribution in [0.1, 0.15) is 10.4 Å². The van der Waals surface area contributed by atoms with Gasteiger partial charge in [-0.2, -0.15) is 5.26 Å². The molecule has 0 aliphatic heterocycles. The third kappa shape index (κ3) is 2.06. The molecule has 0 heterocycles. The van der Waals surface area contributed by atoms with Gasteiger partial charge in [0.05, 0.1) is 6.07 Å². The van der Waals surface area contributed by atoms with E-state index in [9.17, 15) is 4.79 Å². The average Bonchev–Trinajstić information content (AvgIpc) is 2.15. The van der Waals surface area contributed by atoms with Crippen LogP contribution in [0.3, 0.4) is 0 Å². The Kier molecular flexibility index (Phi) is 2.80. The number of ketones is 1. The fourth-order valence-corrected chi connectivity index (χ4v) is 0.812. The number of hydrogen-bond donors (Lipinski definition) is 0. The predicted molar refractivity (Wildman–Crippen MR) is 45.5 cm³/mol. The molecule has 0 bridgehead atoms. The number of allylic oxidation sites excluding steroid dienone is 2. The second-order valence-corrected chi connectivity index (χ2v) is 2.19. The van der Waals surface area contributed by atoms with E-state index in [1.54, 1.807) is 30.3 Å². The van der Waals surface area contributed by atoms with Crippen LogP contribution in [0.4, 0.5) is 0 Å². The van der Waals surface area contributed by atoms with Crippen LogP contribution in [0.5, 0.6) is 0 Å². The summed E-state index contributed by atoms with van der Waals surface area (Å²) in [5.74, 6) is -0.142. The molecule has 1 aromatic carbocycles. The number of nitrogens with zero attached hydrogens (tertiary/aromatic N) is 1. The Morgan fingerprint density at radius 2 is 2.00 bits per heavy atom. The van der Waals surface area contributed by atoms with Crippen molar-refractivity contribution in [2.45, 2.75) is 0 Å². The molecule has 12 heavy (non-hydrogen) atoms. The molecule has 1 aromatic rings. The molecule has 0 atom stereocenters. The number of benzene rings is 1. The summed E-state index contributed by atoms with van der Waals surface area (Å²) < 4.78 is 0. The minimum atomic E-state index is -0.142. The SMILES string of the molecule is N#CC=CC(=O)c1ccccc1. The van der Waals surface area contributed by atoms with Gasteiger partial charge in [0.25, 0.3) is 0 Å². The third-order valence-electron chi connectivity index (χ3n) is 1.37. The lowest BCUT2D eigenvalue weighted by molar-refractivity contribution is 0.104. The van der Waals surface area contributed by atoms with Crippen molar-refractivity contribution in [1.82, 2.24) is 0 Å². The highest BCUT2D eigenvalue weighted by Gasteiger charge is 1.97. The summed E-state index contributed by atoms with van der Waals surface area (Å²) >= 11 is 0. The Balaban J connectivity index is 2.81. The summed E-state index contributed by atoms with van der Waals surface area (Å²) in [7, 11) is 0. The second-order valence-electron chi connectivity index (χ2n) is 2.19. The molecule has 2 nitrogen and oxygen atoms in total. The van der Waals surface area contributed by atoms with E-state index in [0.29, 0.717) is 5.56 Å². The highest BCUT2D eigenvalue weighted by Crippen LogP contribution is 1.99. The topological polar surface area (TPSA) is 40.9 Å². The first-order valence-corrected chi connectivity index (χ1v) is 3.50. The van der Waals surface area contributed by atoms with Gasteiger partial charge in [0.2, 0.25) is 0 Å². The first-order chi connectivity index (χ1) is 5.84. The van der Waals surface area contributed by atoms with Crippen LogP contribution in [0.15, 0.2) is 42.5 Å². The number of hydrogen-bond acceptors (Lipinski definition) is 2. The molecule has 0 spiro atoms. The van der Waals surface area contributed by atoms with Gasteiger partial charge in [0, 0.05) is 11.6 Å². The van der Waals surface area contributed by atoms with E-state index >= 15 is 0 Å². The van der Waals surface area contributed by atoms with E-state index in [4.69, 9.17) is 5.26 Å². The minimum Gasteiger partial charge on any atom is -0.289 e. The van der Waals surface area contributed by atoms with Gasteiger partial charge in [-0.15, -0.1) is 0 Å². The summed E-state index contributed by atoms with van der Waals surface area (Å²) in [6.07, 6.45) is 2.44. The highest BCUT2D eigenvalue weighted by molar-refractivity contribution is 6.04. The molecule has 0 saturated heterocycles. The van der Waals surface area contributed by atoms with Crippen molar-refractivity contribution < 1.29 is 4.79 Å². The molecule has 0 unspecified atom stereocenters. The van der Waals surface area contributed by atoms with Crippen molar-refractivity contribution in [3.05, 3.63) is 48.0 Å². The van der Waals surface area contributed by atoms with E-state index in [1.165, 1.54) is 12.2 Å². The third-order valence-corrected chi connectivity index (χ3v) is 1.37. The van der Waals surface area contributed by atoms with E-state index in [2.05, 4.69) is 0 Å². The van der Waals surface area contributed by atoms with Crippen LogP contribution in [0, 0.1) is 11.3 Å². The summed E-state index contributed by atoms with van der Waals surface area (Å²) in [5, 5.41) is 8.17. The smallest absolute Gasteiger partial charge is 0.186 e. The Labute approximate surface area is 70.8 Å². The maximum absolute atomic E-state index is 11.2. The van der Waals surface area contributed by atoms with Crippen LogP contribution >= 0.6 is 0 Å². The molecule has 0 saturated carbocycles. The van der Waals surface area contributed by atoms with Gasteiger partial charge in [0.15, 0.2) is 5.78 Å². The molecule has 58 valence electrons. The number of carbonyl (C=O) groups excluding carboxylic acids is 1. The van der Waals surface area contributed by atoms with Gasteiger partial charge in [-0.3, -0.25) is 4.79 Å². The standard InChI is InChI=1S/C10H7NO/c11-8-4-7-10(12)9-5-2-1-3-6-9/h1-7H. The number of carbonyl (C=O) groups is 1. The lowest BCUT2D eigenvalue weighted by Gasteiger charge is -1.91. The van der Waals surface area contributed by atoms with E-state index in [0.717, 1.165) is 0 Å². The van der Waals surface area contributed by atoms with Gasteiger partial charge < -0.3 is 0 Å². The highest BCUT2D eigenvalue weighted by atomic mass is 16.1. The molecule has 0 amide bonds. The van der Waals surface area contributed by atoms with Gasteiger partial charge in [-0.1, -0.05) is 30.3 Å². The molecular weight excluding hydrogens is 150 g/mol. The van der Waals surface area contributed by atoms with Crippen molar-refractivity contribution in [2.24, 2.45) is 0 Å². The minimum absolute atomic E-state index is 0.142. The first-order valence-electron chi connectivity index (χ1n) is 3.50. The summed E-state index contributed by atoms with van der Waals surface area (Å²) in [4.78, 5) is 11.2. The van der Waals surface area contributed by atoms with Crippen molar-refractivity contribution in [1.29, 1.82) is 5.26 Å². The molecule has 0 radical (unpaired) electrons. The Morgan fingerprint density at radius 1 is 1.33 bits per heavy atom. The summed E-state index contributed by atoms with van der Waals surface area (Å²) in [6.45, 7) is 0. The zero-order valence-corrected chi connectivity index (χ0v) is 6.40. The Morgan fingerprint density at radius 3 is 2.58 bits per heavy atom. The van der Waals surface area contributed by atoms with Crippen molar-refractivity contribution in [3.8, 4) is 6.07 Å². The largest absolute Gasteiger partial charge is 0.289 e. The molecule has 0 aromatic heterocycles. The fraction of sp³-hybridized carbons (Fsp3) is 0. The molecule has 0 aliphatic rings. The van der Waals surface area contributed by atoms with Crippen LogP contribution in [0.25, 0.3) is 0 Å². The molecule has 0 fully saturated rings. The van der Waals surface area contributed by atoms with Crippen LogP contribution in [-0.2, 0) is 0 Å². The monoisotopic (exact) mass is 157 g/mol. The maximum atomic E-state index is 11.2. The molecule has 1 rings (SSSR count). The van der Waals surface area contributed by atoms with Crippen LogP contribution < -0.4 is 0 Å². The normalized spacial score (nSPS) is 9.58. The number of nitriles is 1. The van der Waals surface area contributed by atoms with Gasteiger partial charge in [-0.25, -0.2) is 0 Å². The zero-order valence-electron chi connectivity index (χ0n) is 6.40. The Bertz CT molecular complexity index is 333. The second kappa shape index (κ2) is 4.09.